The van der Waals surface area contributed by atoms with E-state index in [4.69, 9.17) is 0 Å². The van der Waals surface area contributed by atoms with Crippen LogP contribution in [0.3, 0.4) is 0 Å². The third-order valence-electron chi connectivity index (χ3n) is 3.41. The van der Waals surface area contributed by atoms with E-state index in [2.05, 4.69) is 9.88 Å². The number of rotatable bonds is 1. The van der Waals surface area contributed by atoms with Crippen LogP contribution in [0.15, 0.2) is 6.07 Å². The molecule has 0 spiro atoms. The predicted molar refractivity (Wildman–Crippen MR) is 63.7 cm³/mol. The summed E-state index contributed by atoms with van der Waals surface area (Å²) in [5.41, 5.74) is 3.04. The number of aromatic nitrogens is 1. The summed E-state index contributed by atoms with van der Waals surface area (Å²) < 4.78 is 2.06. The van der Waals surface area contributed by atoms with Crippen LogP contribution in [0.5, 0.6) is 0 Å². The van der Waals surface area contributed by atoms with E-state index >= 15 is 0 Å². The van der Waals surface area contributed by atoms with Crippen molar-refractivity contribution in [3.8, 4) is 0 Å². The summed E-state index contributed by atoms with van der Waals surface area (Å²) in [6, 6.07) is 1.99. The van der Waals surface area contributed by atoms with Crippen LogP contribution in [0, 0.1) is 13.8 Å². The fourth-order valence-corrected chi connectivity index (χ4v) is 2.11. The number of piperazine rings is 1. The van der Waals surface area contributed by atoms with Gasteiger partial charge in [-0.15, -0.1) is 0 Å². The van der Waals surface area contributed by atoms with Crippen LogP contribution in [-0.2, 0) is 7.05 Å². The predicted octanol–water partition coefficient (Wildman–Crippen LogP) is 0.687. The van der Waals surface area contributed by atoms with Crippen molar-refractivity contribution in [2.75, 3.05) is 26.2 Å². The second-order valence-corrected chi connectivity index (χ2v) is 4.39. The number of carbonyl (C=O) groups excluding carboxylic acids is 1. The molecule has 1 aliphatic rings. The van der Waals surface area contributed by atoms with Gasteiger partial charge in [0.25, 0.3) is 5.91 Å². The summed E-state index contributed by atoms with van der Waals surface area (Å²) >= 11 is 0. The van der Waals surface area contributed by atoms with Gasteiger partial charge in [0.05, 0.1) is 5.56 Å². The van der Waals surface area contributed by atoms with Crippen molar-refractivity contribution in [3.05, 3.63) is 23.0 Å². The number of nitrogens with one attached hydrogen (secondary N) is 1. The molecule has 1 aliphatic heterocycles. The number of hydrogen-bond donors (Lipinski definition) is 1. The second-order valence-electron chi connectivity index (χ2n) is 4.39. The first kappa shape index (κ1) is 11.2. The quantitative estimate of drug-likeness (QED) is 0.757. The van der Waals surface area contributed by atoms with Crippen LogP contribution in [-0.4, -0.2) is 41.6 Å². The Hall–Kier alpha value is -1.29. The second kappa shape index (κ2) is 4.29. The van der Waals surface area contributed by atoms with E-state index < -0.39 is 0 Å². The Morgan fingerprint density at radius 3 is 2.44 bits per heavy atom. The zero-order chi connectivity index (χ0) is 11.7. The highest BCUT2D eigenvalue weighted by atomic mass is 16.2. The number of nitrogens with zero attached hydrogens (tertiary/aromatic N) is 2. The molecular weight excluding hydrogens is 202 g/mol. The SMILES string of the molecule is Cc1cc(C(=O)N2CCNCC2)c(C)n1C. The topological polar surface area (TPSA) is 37.3 Å². The van der Waals surface area contributed by atoms with Crippen LogP contribution in [0.25, 0.3) is 0 Å². The van der Waals surface area contributed by atoms with Gasteiger partial charge in [0, 0.05) is 44.6 Å². The Balaban J connectivity index is 2.22. The highest BCUT2D eigenvalue weighted by molar-refractivity contribution is 5.95. The lowest BCUT2D eigenvalue weighted by atomic mass is 10.2. The van der Waals surface area contributed by atoms with E-state index in [1.54, 1.807) is 0 Å². The summed E-state index contributed by atoms with van der Waals surface area (Å²) in [6.07, 6.45) is 0. The van der Waals surface area contributed by atoms with Crippen molar-refractivity contribution in [1.29, 1.82) is 0 Å². The van der Waals surface area contributed by atoms with Gasteiger partial charge in [0.1, 0.15) is 0 Å². The Labute approximate surface area is 96.2 Å². The Bertz CT molecular complexity index is 403. The lowest BCUT2D eigenvalue weighted by Gasteiger charge is -2.27. The molecule has 0 radical (unpaired) electrons. The first-order valence-electron chi connectivity index (χ1n) is 5.74. The fraction of sp³-hybridized carbons (Fsp3) is 0.583. The van der Waals surface area contributed by atoms with Crippen molar-refractivity contribution in [3.63, 3.8) is 0 Å². The van der Waals surface area contributed by atoms with Gasteiger partial charge in [-0.2, -0.15) is 0 Å². The minimum Gasteiger partial charge on any atom is -0.351 e. The molecule has 2 heterocycles. The lowest BCUT2D eigenvalue weighted by molar-refractivity contribution is 0.0735. The molecule has 0 aliphatic carbocycles. The van der Waals surface area contributed by atoms with E-state index in [-0.39, 0.29) is 5.91 Å². The molecule has 4 heteroatoms. The number of amides is 1. The minimum absolute atomic E-state index is 0.169. The van der Waals surface area contributed by atoms with Crippen LogP contribution in [0.2, 0.25) is 0 Å². The first-order chi connectivity index (χ1) is 7.61. The molecule has 1 aromatic heterocycles. The molecule has 1 amide bonds. The lowest BCUT2D eigenvalue weighted by Crippen LogP contribution is -2.46. The molecule has 0 aromatic carbocycles. The summed E-state index contributed by atoms with van der Waals surface area (Å²) in [5, 5.41) is 3.25. The zero-order valence-electron chi connectivity index (χ0n) is 10.2. The van der Waals surface area contributed by atoms with Crippen LogP contribution >= 0.6 is 0 Å². The minimum atomic E-state index is 0.169. The molecule has 16 heavy (non-hydrogen) atoms. The van der Waals surface area contributed by atoms with Crippen LogP contribution in [0.4, 0.5) is 0 Å². The van der Waals surface area contributed by atoms with Gasteiger partial charge >= 0.3 is 0 Å². The maximum Gasteiger partial charge on any atom is 0.255 e. The molecule has 0 atom stereocenters. The van der Waals surface area contributed by atoms with Crippen molar-refractivity contribution in [2.24, 2.45) is 7.05 Å². The van der Waals surface area contributed by atoms with Crippen molar-refractivity contribution >= 4 is 5.91 Å². The monoisotopic (exact) mass is 221 g/mol. The molecule has 1 saturated heterocycles. The van der Waals surface area contributed by atoms with Crippen LogP contribution < -0.4 is 5.32 Å². The summed E-state index contributed by atoms with van der Waals surface area (Å²) in [7, 11) is 2.00. The molecule has 4 nitrogen and oxygen atoms in total. The van der Waals surface area contributed by atoms with Crippen molar-refractivity contribution in [1.82, 2.24) is 14.8 Å². The van der Waals surface area contributed by atoms with Gasteiger partial charge in [0.2, 0.25) is 0 Å². The molecule has 0 bridgehead atoms. The van der Waals surface area contributed by atoms with E-state index in [1.165, 1.54) is 0 Å². The standard InChI is InChI=1S/C12H19N3O/c1-9-8-11(10(2)14(9)3)12(16)15-6-4-13-5-7-15/h8,13H,4-7H2,1-3H3. The maximum absolute atomic E-state index is 12.3. The smallest absolute Gasteiger partial charge is 0.255 e. The molecule has 1 N–H and O–H groups in total. The largest absolute Gasteiger partial charge is 0.351 e. The van der Waals surface area contributed by atoms with E-state index in [9.17, 15) is 4.79 Å². The molecule has 0 unspecified atom stereocenters. The van der Waals surface area contributed by atoms with Gasteiger partial charge in [-0.3, -0.25) is 4.79 Å². The summed E-state index contributed by atoms with van der Waals surface area (Å²) in [4.78, 5) is 14.2. The molecule has 2 rings (SSSR count). The van der Waals surface area contributed by atoms with Gasteiger partial charge in [-0.05, 0) is 19.9 Å². The summed E-state index contributed by atoms with van der Waals surface area (Å²) in [5.74, 6) is 0.169. The van der Waals surface area contributed by atoms with E-state index in [0.29, 0.717) is 0 Å². The molecule has 1 fully saturated rings. The Kier molecular flexibility index (Phi) is 3.01. The number of carbonyl (C=O) groups is 1. The number of hydrogen-bond acceptors (Lipinski definition) is 2. The third-order valence-corrected chi connectivity index (χ3v) is 3.41. The third kappa shape index (κ3) is 1.85. The maximum atomic E-state index is 12.3. The summed E-state index contributed by atoms with van der Waals surface area (Å²) in [6.45, 7) is 7.45. The normalized spacial score (nSPS) is 16.6. The highest BCUT2D eigenvalue weighted by Gasteiger charge is 2.21. The van der Waals surface area contributed by atoms with Gasteiger partial charge in [0.15, 0.2) is 0 Å². The molecule has 88 valence electrons. The first-order valence-corrected chi connectivity index (χ1v) is 5.74. The van der Waals surface area contributed by atoms with Crippen LogP contribution in [0.1, 0.15) is 21.7 Å². The van der Waals surface area contributed by atoms with Crippen molar-refractivity contribution in [2.45, 2.75) is 13.8 Å². The van der Waals surface area contributed by atoms with Crippen molar-refractivity contribution < 1.29 is 4.79 Å². The molecular formula is C12H19N3O. The van der Waals surface area contributed by atoms with E-state index in [1.807, 2.05) is 31.9 Å². The Morgan fingerprint density at radius 1 is 1.31 bits per heavy atom. The van der Waals surface area contributed by atoms with Gasteiger partial charge < -0.3 is 14.8 Å². The fourth-order valence-electron chi connectivity index (χ4n) is 2.11. The highest BCUT2D eigenvalue weighted by Crippen LogP contribution is 2.15. The average molecular weight is 221 g/mol. The molecule has 0 saturated carbocycles. The Morgan fingerprint density at radius 2 is 1.94 bits per heavy atom. The molecule has 1 aromatic rings. The van der Waals surface area contributed by atoms with E-state index in [0.717, 1.165) is 43.1 Å². The number of aryl methyl sites for hydroxylation is 1. The van der Waals surface area contributed by atoms with Gasteiger partial charge in [-0.25, -0.2) is 0 Å². The average Bonchev–Trinajstić information content (AvgIpc) is 2.57. The van der Waals surface area contributed by atoms with Gasteiger partial charge in [-0.1, -0.05) is 0 Å². The zero-order valence-corrected chi connectivity index (χ0v) is 10.2.